The Hall–Kier alpha value is -0.280. The predicted molar refractivity (Wildman–Crippen MR) is 32.6 cm³/mol. The van der Waals surface area contributed by atoms with Gasteiger partial charge in [0.05, 0.1) is 14.1 Å². The van der Waals surface area contributed by atoms with Crippen molar-refractivity contribution in [2.45, 2.75) is 0 Å². The van der Waals surface area contributed by atoms with E-state index in [4.69, 9.17) is 5.11 Å². The average molecular weight is 141 g/mol. The van der Waals surface area contributed by atoms with Gasteiger partial charge in [0.1, 0.15) is 0 Å². The number of likely N-dealkylation sites (N-methyl/N-ethyl adjacent to an activating group) is 1. The van der Waals surface area contributed by atoms with Crippen LogP contribution in [0.25, 0.3) is 0 Å². The van der Waals surface area contributed by atoms with Crippen molar-refractivity contribution < 1.29 is 14.8 Å². The smallest absolute Gasteiger partial charge is 0.359 e. The third-order valence-electron chi connectivity index (χ3n) is 0.505. The molecule has 50 valence electrons. The zero-order chi connectivity index (χ0) is 5.86. The number of aliphatic carboxylic acids is 1. The van der Waals surface area contributed by atoms with E-state index in [1.807, 2.05) is 0 Å². The van der Waals surface area contributed by atoms with Crippen molar-refractivity contribution in [1.82, 2.24) is 0 Å². The van der Waals surface area contributed by atoms with Gasteiger partial charge in [0.15, 0.2) is 6.54 Å². The maximum Gasteiger partial charge on any atom is 0.359 e. The van der Waals surface area contributed by atoms with Crippen molar-refractivity contribution >= 4 is 18.4 Å². The first kappa shape index (κ1) is 10.7. The Labute approximate surface area is 54.7 Å². The molecule has 4 heteroatoms. The van der Waals surface area contributed by atoms with Gasteiger partial charge in [-0.05, 0) is 0 Å². The minimum Gasteiger partial charge on any atom is -0.477 e. The quantitative estimate of drug-likeness (QED) is 0.498. The van der Waals surface area contributed by atoms with Crippen LogP contribution in [0.1, 0.15) is 0 Å². The molecule has 0 spiro atoms. The second-order valence-electron chi connectivity index (χ2n) is 1.78. The van der Waals surface area contributed by atoms with Crippen LogP contribution in [0.5, 0.6) is 0 Å². The van der Waals surface area contributed by atoms with E-state index in [9.17, 15) is 4.79 Å². The van der Waals surface area contributed by atoms with Crippen LogP contribution in [0.3, 0.4) is 0 Å². The van der Waals surface area contributed by atoms with Gasteiger partial charge in [-0.2, -0.15) is 0 Å². The predicted octanol–water partition coefficient (Wildman–Crippen LogP) is -1.36. The molecule has 0 aromatic carbocycles. The van der Waals surface area contributed by atoms with Gasteiger partial charge in [-0.1, -0.05) is 0 Å². The summed E-state index contributed by atoms with van der Waals surface area (Å²) in [4.78, 5) is 10.7. The van der Waals surface area contributed by atoms with Crippen LogP contribution in [0.15, 0.2) is 0 Å². The number of carbonyl (C=O) groups is 1. The van der Waals surface area contributed by atoms with Crippen molar-refractivity contribution in [1.29, 1.82) is 0 Å². The van der Waals surface area contributed by atoms with E-state index in [1.165, 1.54) is 0 Å². The molecule has 0 radical (unpaired) electrons. The van der Waals surface area contributed by atoms with E-state index >= 15 is 0 Å². The lowest BCUT2D eigenvalue weighted by atomic mass is 10.6. The van der Waals surface area contributed by atoms with Gasteiger partial charge in [-0.15, -0.1) is 12.4 Å². The molecule has 0 aliphatic rings. The molecule has 0 amide bonds. The fourth-order valence-electron chi connectivity index (χ4n) is 0.302. The summed E-state index contributed by atoms with van der Waals surface area (Å²) in [7, 11) is 3.60. The third-order valence-corrected chi connectivity index (χ3v) is 0.505. The van der Waals surface area contributed by atoms with Gasteiger partial charge >= 0.3 is 5.97 Å². The number of halogens is 1. The SMILES string of the molecule is C[NH+](C)CC(=O)O.Cl. The number of quaternary nitrogens is 1. The molecule has 0 heterocycles. The fraction of sp³-hybridized carbons (Fsp3) is 0.750. The molecule has 0 saturated carbocycles. The topological polar surface area (TPSA) is 41.7 Å². The summed E-state index contributed by atoms with van der Waals surface area (Å²) in [5.41, 5.74) is 0. The molecule has 0 unspecified atom stereocenters. The van der Waals surface area contributed by atoms with Crippen molar-refractivity contribution in [3.05, 3.63) is 0 Å². The van der Waals surface area contributed by atoms with Crippen LogP contribution in [-0.4, -0.2) is 31.7 Å². The summed E-state index contributed by atoms with van der Waals surface area (Å²) in [6, 6.07) is 0. The number of hydrogen-bond acceptors (Lipinski definition) is 1. The highest BCUT2D eigenvalue weighted by molar-refractivity contribution is 5.85. The summed E-state index contributed by atoms with van der Waals surface area (Å²) >= 11 is 0. The lowest BCUT2D eigenvalue weighted by Gasteiger charge is -1.99. The molecule has 0 saturated heterocycles. The van der Waals surface area contributed by atoms with E-state index in [2.05, 4.69) is 0 Å². The first-order valence-electron chi connectivity index (χ1n) is 2.13. The van der Waals surface area contributed by atoms with Crippen LogP contribution >= 0.6 is 12.4 Å². The molecular weight excluding hydrogens is 130 g/mol. The maximum absolute atomic E-state index is 9.79. The van der Waals surface area contributed by atoms with Gasteiger partial charge in [0.25, 0.3) is 0 Å². The minimum absolute atomic E-state index is 0. The van der Waals surface area contributed by atoms with Crippen LogP contribution in [0.2, 0.25) is 0 Å². The summed E-state index contributed by atoms with van der Waals surface area (Å²) in [6.07, 6.45) is 0. The maximum atomic E-state index is 9.79. The number of carboxylic acids is 1. The normalized spacial score (nSPS) is 8.38. The Morgan fingerprint density at radius 1 is 1.62 bits per heavy atom. The van der Waals surface area contributed by atoms with Crippen LogP contribution < -0.4 is 4.90 Å². The van der Waals surface area contributed by atoms with Crippen LogP contribution in [0, 0.1) is 0 Å². The summed E-state index contributed by atoms with van der Waals surface area (Å²) in [6.45, 7) is 0.194. The second kappa shape index (κ2) is 4.87. The lowest BCUT2D eigenvalue weighted by Crippen LogP contribution is -3.06. The van der Waals surface area contributed by atoms with Crippen molar-refractivity contribution in [2.24, 2.45) is 0 Å². The summed E-state index contributed by atoms with van der Waals surface area (Å²) in [5, 5.41) is 8.06. The molecule has 0 aliphatic carbocycles. The Kier molecular flexibility index (Phi) is 6.48. The highest BCUT2D eigenvalue weighted by Crippen LogP contribution is 1.45. The van der Waals surface area contributed by atoms with Crippen molar-refractivity contribution in [2.75, 3.05) is 20.6 Å². The summed E-state index contributed by atoms with van der Waals surface area (Å²) < 4.78 is 0. The van der Waals surface area contributed by atoms with E-state index < -0.39 is 5.97 Å². The highest BCUT2D eigenvalue weighted by atomic mass is 35.5. The molecule has 3 nitrogen and oxygen atoms in total. The Balaban J connectivity index is 0. The Morgan fingerprint density at radius 2 is 2.00 bits per heavy atom. The molecule has 0 fully saturated rings. The molecule has 2 N–H and O–H groups in total. The zero-order valence-electron chi connectivity index (χ0n) is 4.97. The van der Waals surface area contributed by atoms with Gasteiger partial charge in [-0.25, -0.2) is 4.79 Å². The number of rotatable bonds is 2. The average Bonchev–Trinajstić information content (AvgIpc) is 1.27. The molecule has 8 heavy (non-hydrogen) atoms. The Bertz CT molecular complexity index is 74.4. The standard InChI is InChI=1S/C4H9NO2.ClH/c1-5(2)3-4(6)7;/h3H2,1-2H3,(H,6,7);1H/p+1. The van der Waals surface area contributed by atoms with E-state index in [0.29, 0.717) is 0 Å². The van der Waals surface area contributed by atoms with Gasteiger partial charge in [0.2, 0.25) is 0 Å². The second-order valence-corrected chi connectivity index (χ2v) is 1.78. The van der Waals surface area contributed by atoms with E-state index in [0.717, 1.165) is 4.90 Å². The number of carboxylic acid groups (broad SMARTS) is 1. The monoisotopic (exact) mass is 140 g/mol. The fourth-order valence-corrected chi connectivity index (χ4v) is 0.302. The summed E-state index contributed by atoms with van der Waals surface area (Å²) in [5.74, 6) is -0.750. The van der Waals surface area contributed by atoms with Gasteiger partial charge in [0, 0.05) is 0 Å². The highest BCUT2D eigenvalue weighted by Gasteiger charge is 1.98. The molecule has 0 bridgehead atoms. The Morgan fingerprint density at radius 3 is 2.00 bits per heavy atom. The molecule has 0 rings (SSSR count). The van der Waals surface area contributed by atoms with E-state index in [1.54, 1.807) is 14.1 Å². The van der Waals surface area contributed by atoms with E-state index in [-0.39, 0.29) is 19.0 Å². The number of nitrogens with one attached hydrogen (secondary N) is 1. The van der Waals surface area contributed by atoms with Crippen molar-refractivity contribution in [3.63, 3.8) is 0 Å². The van der Waals surface area contributed by atoms with Gasteiger partial charge < -0.3 is 10.0 Å². The van der Waals surface area contributed by atoms with Gasteiger partial charge in [-0.3, -0.25) is 0 Å². The zero-order valence-corrected chi connectivity index (χ0v) is 5.79. The third kappa shape index (κ3) is 9.21. The number of hydrogen-bond donors (Lipinski definition) is 2. The van der Waals surface area contributed by atoms with Crippen LogP contribution in [-0.2, 0) is 4.79 Å². The molecule has 0 aromatic rings. The molecule has 0 aromatic heterocycles. The molecule has 0 atom stereocenters. The molecule has 0 aliphatic heterocycles. The first-order chi connectivity index (χ1) is 3.13. The minimum atomic E-state index is -0.750. The lowest BCUT2D eigenvalue weighted by molar-refractivity contribution is -0.850. The first-order valence-corrected chi connectivity index (χ1v) is 2.13. The molecular formula is C4H11ClNO2+. The van der Waals surface area contributed by atoms with Crippen LogP contribution in [0.4, 0.5) is 0 Å². The largest absolute Gasteiger partial charge is 0.477 e. The van der Waals surface area contributed by atoms with Crippen molar-refractivity contribution in [3.8, 4) is 0 Å².